The van der Waals surface area contributed by atoms with E-state index in [4.69, 9.17) is 9.47 Å². The smallest absolute Gasteiger partial charge is 0.337 e. The lowest BCUT2D eigenvalue weighted by Gasteiger charge is -2.00. The largest absolute Gasteiger partial charge is 0.464 e. The van der Waals surface area contributed by atoms with Gasteiger partial charge in [0.2, 0.25) is 0 Å². The summed E-state index contributed by atoms with van der Waals surface area (Å²) in [4.78, 5) is 11.3. The van der Waals surface area contributed by atoms with Crippen LogP contribution in [0.15, 0.2) is 0 Å². The van der Waals surface area contributed by atoms with Gasteiger partial charge >= 0.3 is 5.97 Å². The molecule has 1 rings (SSSR count). The minimum absolute atomic E-state index is 0.143. The number of rotatable bonds is 10. The molecule has 0 radical (unpaired) electrons. The first kappa shape index (κ1) is 14.5. The van der Waals surface area contributed by atoms with E-state index in [1.54, 1.807) is 0 Å². The minimum atomic E-state index is -0.255. The van der Waals surface area contributed by atoms with Crippen LogP contribution in [0.4, 0.5) is 0 Å². The predicted octanol–water partition coefficient (Wildman–Crippen LogP) is 3.46. The van der Waals surface area contributed by atoms with Crippen molar-refractivity contribution in [1.82, 2.24) is 0 Å². The maximum atomic E-state index is 11.3. The second kappa shape index (κ2) is 8.51. The number of esters is 1. The van der Waals surface area contributed by atoms with E-state index in [9.17, 15) is 4.79 Å². The van der Waals surface area contributed by atoms with Crippen LogP contribution in [0.3, 0.4) is 0 Å². The van der Waals surface area contributed by atoms with Crippen LogP contribution in [0.1, 0.15) is 65.2 Å². The Kier molecular flexibility index (Phi) is 7.25. The van der Waals surface area contributed by atoms with Crippen LogP contribution < -0.4 is 0 Å². The van der Waals surface area contributed by atoms with Gasteiger partial charge in [-0.3, -0.25) is 0 Å². The summed E-state index contributed by atoms with van der Waals surface area (Å²) >= 11 is 0. The number of ether oxygens (including phenoxy) is 2. The van der Waals surface area contributed by atoms with Crippen molar-refractivity contribution in [3.05, 3.63) is 0 Å². The molecule has 0 aliphatic carbocycles. The average molecular weight is 242 g/mol. The zero-order chi connectivity index (χ0) is 12.5. The van der Waals surface area contributed by atoms with Crippen LogP contribution in [0.5, 0.6) is 0 Å². The third-order valence-electron chi connectivity index (χ3n) is 3.19. The highest BCUT2D eigenvalue weighted by Crippen LogP contribution is 2.28. The molecule has 0 saturated carbocycles. The van der Waals surface area contributed by atoms with Crippen molar-refractivity contribution in [3.63, 3.8) is 0 Å². The first-order chi connectivity index (χ1) is 8.29. The zero-order valence-corrected chi connectivity index (χ0v) is 11.2. The number of hydrogen-bond acceptors (Lipinski definition) is 3. The van der Waals surface area contributed by atoms with Crippen molar-refractivity contribution in [2.75, 3.05) is 6.61 Å². The highest BCUT2D eigenvalue weighted by molar-refractivity contribution is 5.77. The number of hydrogen-bond donors (Lipinski definition) is 0. The fraction of sp³-hybridized carbons (Fsp3) is 0.929. The quantitative estimate of drug-likeness (QED) is 0.334. The van der Waals surface area contributed by atoms with Gasteiger partial charge in [-0.15, -0.1) is 0 Å². The maximum Gasteiger partial charge on any atom is 0.337 e. The van der Waals surface area contributed by atoms with E-state index >= 15 is 0 Å². The lowest BCUT2D eigenvalue weighted by molar-refractivity contribution is -0.144. The number of carbonyl (C=O) groups is 1. The Bertz CT molecular complexity index is 216. The molecule has 0 aromatic heterocycles. The summed E-state index contributed by atoms with van der Waals surface area (Å²) in [6.07, 6.45) is 10.0. The number of carbonyl (C=O) groups excluding carboxylic acids is 1. The molecule has 0 amide bonds. The van der Waals surface area contributed by atoms with E-state index in [1.807, 2.05) is 6.92 Å². The molecule has 0 aromatic rings. The predicted molar refractivity (Wildman–Crippen MR) is 67.9 cm³/mol. The van der Waals surface area contributed by atoms with Gasteiger partial charge in [-0.1, -0.05) is 51.9 Å². The Hall–Kier alpha value is -0.570. The maximum absolute atomic E-state index is 11.3. The third-order valence-corrected chi connectivity index (χ3v) is 3.19. The van der Waals surface area contributed by atoms with Crippen molar-refractivity contribution in [2.24, 2.45) is 0 Å². The number of epoxide rings is 1. The SMILES string of the molecule is CCCCCCCCCC1OC1C(=O)OCC. The Morgan fingerprint density at radius 1 is 1.06 bits per heavy atom. The summed E-state index contributed by atoms with van der Waals surface area (Å²) in [5.74, 6) is -0.180. The van der Waals surface area contributed by atoms with Gasteiger partial charge in [-0.05, 0) is 13.3 Å². The Balaban J connectivity index is 1.87. The third kappa shape index (κ3) is 6.06. The van der Waals surface area contributed by atoms with Crippen LogP contribution >= 0.6 is 0 Å². The van der Waals surface area contributed by atoms with Crippen LogP contribution in [0, 0.1) is 0 Å². The first-order valence-electron chi connectivity index (χ1n) is 7.11. The molecule has 17 heavy (non-hydrogen) atoms. The lowest BCUT2D eigenvalue weighted by atomic mass is 10.1. The normalized spacial score (nSPS) is 22.5. The van der Waals surface area contributed by atoms with Crippen molar-refractivity contribution >= 4 is 5.97 Å². The summed E-state index contributed by atoms with van der Waals surface area (Å²) in [6, 6.07) is 0. The van der Waals surface area contributed by atoms with Crippen LogP contribution in [-0.2, 0) is 14.3 Å². The molecule has 1 aliphatic heterocycles. The van der Waals surface area contributed by atoms with Gasteiger partial charge < -0.3 is 9.47 Å². The van der Waals surface area contributed by atoms with Crippen molar-refractivity contribution in [2.45, 2.75) is 77.4 Å². The van der Waals surface area contributed by atoms with E-state index < -0.39 is 0 Å². The molecular formula is C14H26O3. The molecule has 100 valence electrons. The molecule has 0 bridgehead atoms. The number of unbranched alkanes of at least 4 members (excludes halogenated alkanes) is 6. The molecule has 1 saturated heterocycles. The van der Waals surface area contributed by atoms with E-state index in [-0.39, 0.29) is 18.2 Å². The monoisotopic (exact) mass is 242 g/mol. The highest BCUT2D eigenvalue weighted by atomic mass is 16.6. The van der Waals surface area contributed by atoms with E-state index in [1.165, 1.54) is 44.9 Å². The molecule has 1 fully saturated rings. The van der Waals surface area contributed by atoms with Crippen LogP contribution in [-0.4, -0.2) is 24.8 Å². The zero-order valence-electron chi connectivity index (χ0n) is 11.2. The summed E-state index contributed by atoms with van der Waals surface area (Å²) < 4.78 is 10.2. The fourth-order valence-electron chi connectivity index (χ4n) is 2.10. The molecule has 0 N–H and O–H groups in total. The lowest BCUT2D eigenvalue weighted by Crippen LogP contribution is -2.13. The van der Waals surface area contributed by atoms with Gasteiger partial charge in [0.15, 0.2) is 6.10 Å². The first-order valence-corrected chi connectivity index (χ1v) is 7.11. The van der Waals surface area contributed by atoms with Gasteiger partial charge in [-0.25, -0.2) is 4.79 Å². The molecule has 3 heteroatoms. The summed E-state index contributed by atoms with van der Waals surface area (Å²) in [5, 5.41) is 0. The van der Waals surface area contributed by atoms with E-state index in [0.717, 1.165) is 6.42 Å². The van der Waals surface area contributed by atoms with Gasteiger partial charge in [0.05, 0.1) is 12.7 Å². The van der Waals surface area contributed by atoms with Crippen LogP contribution in [0.2, 0.25) is 0 Å². The molecular weight excluding hydrogens is 216 g/mol. The van der Waals surface area contributed by atoms with Gasteiger partial charge in [-0.2, -0.15) is 0 Å². The van der Waals surface area contributed by atoms with Gasteiger partial charge in [0, 0.05) is 0 Å². The van der Waals surface area contributed by atoms with E-state index in [2.05, 4.69) is 6.92 Å². The molecule has 1 heterocycles. The standard InChI is InChI=1S/C14H26O3/c1-3-5-6-7-8-9-10-11-12-13(17-12)14(15)16-4-2/h12-13H,3-11H2,1-2H3. The van der Waals surface area contributed by atoms with Crippen molar-refractivity contribution < 1.29 is 14.3 Å². The highest BCUT2D eigenvalue weighted by Gasteiger charge is 2.45. The Morgan fingerprint density at radius 2 is 1.71 bits per heavy atom. The van der Waals surface area contributed by atoms with Crippen LogP contribution in [0.25, 0.3) is 0 Å². The second-order valence-corrected chi connectivity index (χ2v) is 4.76. The summed E-state index contributed by atoms with van der Waals surface area (Å²) in [6.45, 7) is 4.51. The minimum Gasteiger partial charge on any atom is -0.464 e. The van der Waals surface area contributed by atoms with Gasteiger partial charge in [0.1, 0.15) is 0 Å². The molecule has 0 aromatic carbocycles. The second-order valence-electron chi connectivity index (χ2n) is 4.76. The van der Waals surface area contributed by atoms with Crippen molar-refractivity contribution in [1.29, 1.82) is 0 Å². The Morgan fingerprint density at radius 3 is 2.35 bits per heavy atom. The fourth-order valence-corrected chi connectivity index (χ4v) is 2.10. The topological polar surface area (TPSA) is 38.8 Å². The van der Waals surface area contributed by atoms with Crippen molar-refractivity contribution in [3.8, 4) is 0 Å². The Labute approximate surface area is 105 Å². The van der Waals surface area contributed by atoms with Gasteiger partial charge in [0.25, 0.3) is 0 Å². The molecule has 2 atom stereocenters. The molecule has 2 unspecified atom stereocenters. The summed E-state index contributed by atoms with van der Waals surface area (Å²) in [7, 11) is 0. The average Bonchev–Trinajstić information content (AvgIpc) is 3.08. The molecule has 3 nitrogen and oxygen atoms in total. The summed E-state index contributed by atoms with van der Waals surface area (Å²) in [5.41, 5.74) is 0. The molecule has 1 aliphatic rings. The van der Waals surface area contributed by atoms with E-state index in [0.29, 0.717) is 6.61 Å². The molecule has 0 spiro atoms.